The zero-order chi connectivity index (χ0) is 21.2. The Morgan fingerprint density at radius 3 is 2.35 bits per heavy atom. The average molecular weight is 415 g/mol. The number of hydrogen-bond donors (Lipinski definition) is 0. The minimum Gasteiger partial charge on any atom is -0.488 e. The molecular formula is C27H27FN2O. The van der Waals surface area contributed by atoms with Crippen LogP contribution in [0.5, 0.6) is 5.75 Å². The molecule has 3 nitrogen and oxygen atoms in total. The minimum atomic E-state index is -0.259. The van der Waals surface area contributed by atoms with Gasteiger partial charge in [0.05, 0.1) is 5.52 Å². The molecule has 0 saturated heterocycles. The van der Waals surface area contributed by atoms with E-state index in [-0.39, 0.29) is 5.82 Å². The number of fused-ring (bicyclic) bond motifs is 2. The van der Waals surface area contributed by atoms with Crippen molar-refractivity contribution in [1.29, 1.82) is 0 Å². The third-order valence-corrected chi connectivity index (χ3v) is 6.17. The van der Waals surface area contributed by atoms with Crippen LogP contribution < -0.4 is 4.74 Å². The summed E-state index contributed by atoms with van der Waals surface area (Å²) in [5.41, 5.74) is 6.05. The molecule has 4 aromatic rings. The van der Waals surface area contributed by atoms with Crippen LogP contribution in [0.4, 0.5) is 4.39 Å². The number of hydrogen-bond acceptors (Lipinski definition) is 2. The summed E-state index contributed by atoms with van der Waals surface area (Å²) < 4.78 is 22.7. The normalized spacial score (nSPS) is 13.6. The van der Waals surface area contributed by atoms with E-state index < -0.39 is 0 Å². The molecule has 1 aliphatic rings. The summed E-state index contributed by atoms with van der Waals surface area (Å²) in [5.74, 6) is 0.371. The highest BCUT2D eigenvalue weighted by molar-refractivity contribution is 5.90. The molecule has 0 radical (unpaired) electrons. The number of nitrogens with zero attached hydrogens (tertiary/aromatic N) is 2. The number of rotatable bonds is 7. The van der Waals surface area contributed by atoms with Crippen molar-refractivity contribution < 1.29 is 9.13 Å². The number of halogens is 1. The summed E-state index contributed by atoms with van der Waals surface area (Å²) in [6.45, 7) is 6.27. The van der Waals surface area contributed by atoms with Gasteiger partial charge in [0.2, 0.25) is 0 Å². The first kappa shape index (κ1) is 19.8. The average Bonchev–Trinajstić information content (AvgIpc) is 3.37. The van der Waals surface area contributed by atoms with E-state index in [2.05, 4.69) is 46.9 Å². The predicted molar refractivity (Wildman–Crippen MR) is 123 cm³/mol. The predicted octanol–water partition coefficient (Wildman–Crippen LogP) is 5.94. The van der Waals surface area contributed by atoms with Crippen molar-refractivity contribution >= 4 is 10.9 Å². The van der Waals surface area contributed by atoms with E-state index in [4.69, 9.17) is 4.74 Å². The maximum atomic E-state index is 14.4. The summed E-state index contributed by atoms with van der Waals surface area (Å²) in [6, 6.07) is 21.8. The van der Waals surface area contributed by atoms with Crippen molar-refractivity contribution in [2.75, 3.05) is 6.54 Å². The molecule has 0 bridgehead atoms. The van der Waals surface area contributed by atoms with Gasteiger partial charge in [-0.2, -0.15) is 0 Å². The third-order valence-electron chi connectivity index (χ3n) is 6.17. The molecule has 0 spiro atoms. The van der Waals surface area contributed by atoms with Gasteiger partial charge in [0.15, 0.2) is 0 Å². The SMILES string of the molecule is CCn1cc(CCN2Cc3ccccc3C2)c2c(OCc3ccccc3)cc(F)cc21. The van der Waals surface area contributed by atoms with Gasteiger partial charge in [-0.05, 0) is 41.7 Å². The van der Waals surface area contributed by atoms with Crippen molar-refractivity contribution in [2.45, 2.75) is 39.6 Å². The van der Waals surface area contributed by atoms with Crippen LogP contribution in [0.25, 0.3) is 10.9 Å². The lowest BCUT2D eigenvalue weighted by molar-refractivity contribution is 0.288. The second kappa shape index (κ2) is 8.56. The van der Waals surface area contributed by atoms with E-state index in [9.17, 15) is 4.39 Å². The Bertz CT molecular complexity index is 1170. The van der Waals surface area contributed by atoms with Gasteiger partial charge in [0, 0.05) is 43.8 Å². The first-order valence-corrected chi connectivity index (χ1v) is 11.0. The summed E-state index contributed by atoms with van der Waals surface area (Å²) in [6.07, 6.45) is 3.08. The number of benzene rings is 3. The molecule has 0 fully saturated rings. The lowest BCUT2D eigenvalue weighted by Gasteiger charge is -2.15. The van der Waals surface area contributed by atoms with E-state index in [0.717, 1.165) is 49.1 Å². The summed E-state index contributed by atoms with van der Waals surface area (Å²) >= 11 is 0. The Morgan fingerprint density at radius 1 is 0.935 bits per heavy atom. The summed E-state index contributed by atoms with van der Waals surface area (Å²) in [5, 5.41) is 1.04. The molecule has 2 heterocycles. The van der Waals surface area contributed by atoms with Gasteiger partial charge in [0.25, 0.3) is 0 Å². The Hall–Kier alpha value is -3.11. The molecule has 5 rings (SSSR count). The highest BCUT2D eigenvalue weighted by Gasteiger charge is 2.20. The molecule has 4 heteroatoms. The fourth-order valence-electron chi connectivity index (χ4n) is 4.58. The van der Waals surface area contributed by atoms with Crippen LogP contribution in [-0.2, 0) is 32.7 Å². The van der Waals surface area contributed by atoms with E-state index in [1.54, 1.807) is 6.07 Å². The van der Waals surface area contributed by atoms with Crippen LogP contribution in [-0.4, -0.2) is 16.0 Å². The lowest BCUT2D eigenvalue weighted by Crippen LogP contribution is -2.19. The first-order valence-electron chi connectivity index (χ1n) is 11.0. The third kappa shape index (κ3) is 4.08. The van der Waals surface area contributed by atoms with Crippen LogP contribution in [0, 0.1) is 5.82 Å². The Balaban J connectivity index is 1.41. The fraction of sp³-hybridized carbons (Fsp3) is 0.259. The van der Waals surface area contributed by atoms with Crippen LogP contribution >= 0.6 is 0 Å². The number of aryl methyl sites for hydroxylation is 1. The van der Waals surface area contributed by atoms with Crippen molar-refractivity contribution in [3.63, 3.8) is 0 Å². The van der Waals surface area contributed by atoms with Gasteiger partial charge < -0.3 is 9.30 Å². The molecule has 1 aromatic heterocycles. The van der Waals surface area contributed by atoms with Gasteiger partial charge in [-0.15, -0.1) is 0 Å². The molecule has 0 amide bonds. The van der Waals surface area contributed by atoms with Crippen LogP contribution in [0.3, 0.4) is 0 Å². The molecule has 31 heavy (non-hydrogen) atoms. The number of aromatic nitrogens is 1. The second-order valence-electron chi connectivity index (χ2n) is 8.24. The zero-order valence-electron chi connectivity index (χ0n) is 17.9. The van der Waals surface area contributed by atoms with Gasteiger partial charge in [0.1, 0.15) is 18.2 Å². The van der Waals surface area contributed by atoms with Crippen LogP contribution in [0.2, 0.25) is 0 Å². The maximum absolute atomic E-state index is 14.4. The fourth-order valence-corrected chi connectivity index (χ4v) is 4.58. The van der Waals surface area contributed by atoms with Gasteiger partial charge in [-0.1, -0.05) is 54.6 Å². The molecule has 158 valence electrons. The molecule has 0 aliphatic carbocycles. The highest BCUT2D eigenvalue weighted by Crippen LogP contribution is 2.34. The standard InChI is InChI=1S/C27H27FN2O/c1-2-30-18-23(12-13-29-16-21-10-6-7-11-22(21)17-29)27-25(30)14-24(28)15-26(27)31-19-20-8-4-3-5-9-20/h3-11,14-15,18H,2,12-13,16-17,19H2,1H3. The molecule has 0 N–H and O–H groups in total. The van der Waals surface area contributed by atoms with Gasteiger partial charge in [-0.25, -0.2) is 4.39 Å². The molecular weight excluding hydrogens is 387 g/mol. The Labute approximate surface area is 182 Å². The van der Waals surface area contributed by atoms with Gasteiger partial charge in [-0.3, -0.25) is 4.90 Å². The van der Waals surface area contributed by atoms with Crippen molar-refractivity contribution in [3.05, 3.63) is 101 Å². The number of ether oxygens (including phenoxy) is 1. The summed E-state index contributed by atoms with van der Waals surface area (Å²) in [4.78, 5) is 2.48. The van der Waals surface area contributed by atoms with Gasteiger partial charge >= 0.3 is 0 Å². The zero-order valence-corrected chi connectivity index (χ0v) is 17.9. The van der Waals surface area contributed by atoms with E-state index in [1.807, 2.05) is 30.3 Å². The maximum Gasteiger partial charge on any atom is 0.132 e. The smallest absolute Gasteiger partial charge is 0.132 e. The quantitative estimate of drug-likeness (QED) is 0.372. The lowest BCUT2D eigenvalue weighted by atomic mass is 10.1. The monoisotopic (exact) mass is 414 g/mol. The van der Waals surface area contributed by atoms with E-state index >= 15 is 0 Å². The Morgan fingerprint density at radius 2 is 1.65 bits per heavy atom. The summed E-state index contributed by atoms with van der Waals surface area (Å²) in [7, 11) is 0. The van der Waals surface area contributed by atoms with Crippen molar-refractivity contribution in [3.8, 4) is 5.75 Å². The molecule has 3 aromatic carbocycles. The second-order valence-corrected chi connectivity index (χ2v) is 8.24. The van der Waals surface area contributed by atoms with E-state index in [0.29, 0.717) is 12.4 Å². The molecule has 0 unspecified atom stereocenters. The largest absolute Gasteiger partial charge is 0.488 e. The molecule has 0 saturated carbocycles. The molecule has 0 atom stereocenters. The first-order chi connectivity index (χ1) is 15.2. The minimum absolute atomic E-state index is 0.259. The molecule has 1 aliphatic heterocycles. The Kier molecular flexibility index (Phi) is 5.47. The van der Waals surface area contributed by atoms with Crippen LogP contribution in [0.1, 0.15) is 29.2 Å². The van der Waals surface area contributed by atoms with Crippen molar-refractivity contribution in [2.24, 2.45) is 0 Å². The highest BCUT2D eigenvalue weighted by atomic mass is 19.1. The van der Waals surface area contributed by atoms with Crippen molar-refractivity contribution in [1.82, 2.24) is 9.47 Å². The van der Waals surface area contributed by atoms with Crippen LogP contribution in [0.15, 0.2) is 72.9 Å². The van der Waals surface area contributed by atoms with E-state index in [1.165, 1.54) is 22.8 Å². The topological polar surface area (TPSA) is 17.4 Å².